The van der Waals surface area contributed by atoms with E-state index >= 15 is 0 Å². The number of rotatable bonds is 4. The molecule has 0 saturated carbocycles. The summed E-state index contributed by atoms with van der Waals surface area (Å²) in [5.74, 6) is 1.23. The predicted octanol–water partition coefficient (Wildman–Crippen LogP) is 2.77. The molecule has 1 aliphatic heterocycles. The van der Waals surface area contributed by atoms with E-state index in [9.17, 15) is 4.39 Å². The number of hydrogen-bond donors (Lipinski definition) is 1. The first-order chi connectivity index (χ1) is 8.64. The Labute approximate surface area is 107 Å². The third-order valence-electron chi connectivity index (χ3n) is 3.72. The average Bonchev–Trinajstić information content (AvgIpc) is 2.85. The highest BCUT2D eigenvalue weighted by molar-refractivity contribution is 5.49. The van der Waals surface area contributed by atoms with Gasteiger partial charge in [-0.25, -0.2) is 4.39 Å². The lowest BCUT2D eigenvalue weighted by Crippen LogP contribution is -2.34. The van der Waals surface area contributed by atoms with Gasteiger partial charge in [0.2, 0.25) is 0 Å². The third-order valence-corrected chi connectivity index (χ3v) is 3.72. The van der Waals surface area contributed by atoms with Crippen LogP contribution < -0.4 is 14.8 Å². The van der Waals surface area contributed by atoms with Crippen molar-refractivity contribution in [3.8, 4) is 11.5 Å². The van der Waals surface area contributed by atoms with Crippen molar-refractivity contribution in [1.29, 1.82) is 0 Å². The van der Waals surface area contributed by atoms with E-state index in [-0.39, 0.29) is 5.54 Å². The van der Waals surface area contributed by atoms with Gasteiger partial charge in [-0.1, -0.05) is 0 Å². The topological polar surface area (TPSA) is 30.5 Å². The number of halogens is 1. The van der Waals surface area contributed by atoms with Gasteiger partial charge in [0.1, 0.15) is 6.67 Å². The Kier molecular flexibility index (Phi) is 3.76. The summed E-state index contributed by atoms with van der Waals surface area (Å²) in [6.07, 6.45) is 2.12. The maximum absolute atomic E-state index is 13.2. The quantitative estimate of drug-likeness (QED) is 0.895. The Bertz CT molecular complexity index is 428. The number of hydrogen-bond acceptors (Lipinski definition) is 3. The molecule has 1 atom stereocenters. The lowest BCUT2D eigenvalue weighted by atomic mass is 9.87. The molecule has 0 aromatic heterocycles. The van der Waals surface area contributed by atoms with Crippen molar-refractivity contribution in [3.63, 3.8) is 0 Å². The minimum atomic E-state index is -0.493. The van der Waals surface area contributed by atoms with Gasteiger partial charge in [-0.05, 0) is 49.6 Å². The summed E-state index contributed by atoms with van der Waals surface area (Å²) in [6, 6.07) is 3.63. The molecule has 1 heterocycles. The highest BCUT2D eigenvalue weighted by Gasteiger charge is 2.33. The van der Waals surface area contributed by atoms with Crippen molar-refractivity contribution < 1.29 is 13.9 Å². The molecule has 3 nitrogen and oxygen atoms in total. The molecule has 1 aromatic carbocycles. The van der Waals surface area contributed by atoms with E-state index in [0.717, 1.165) is 24.9 Å². The van der Waals surface area contributed by atoms with Gasteiger partial charge in [0, 0.05) is 5.54 Å². The van der Waals surface area contributed by atoms with Crippen LogP contribution in [0.4, 0.5) is 4.39 Å². The Hall–Kier alpha value is -1.29. The van der Waals surface area contributed by atoms with Crippen LogP contribution in [0.1, 0.15) is 30.9 Å². The van der Waals surface area contributed by atoms with E-state index in [1.54, 1.807) is 20.3 Å². The molecule has 0 aliphatic carbocycles. The molecule has 1 saturated heterocycles. The smallest absolute Gasteiger partial charge is 0.161 e. The van der Waals surface area contributed by atoms with Gasteiger partial charge in [-0.15, -0.1) is 0 Å². The van der Waals surface area contributed by atoms with E-state index in [0.29, 0.717) is 17.1 Å². The van der Waals surface area contributed by atoms with Crippen molar-refractivity contribution in [2.24, 2.45) is 0 Å². The second kappa shape index (κ2) is 5.14. The monoisotopic (exact) mass is 253 g/mol. The van der Waals surface area contributed by atoms with E-state index < -0.39 is 6.67 Å². The van der Waals surface area contributed by atoms with Crippen LogP contribution in [0.2, 0.25) is 0 Å². The van der Waals surface area contributed by atoms with Gasteiger partial charge in [0.05, 0.1) is 14.2 Å². The van der Waals surface area contributed by atoms with Gasteiger partial charge in [0.25, 0.3) is 0 Å². The fourth-order valence-corrected chi connectivity index (χ4v) is 2.67. The maximum Gasteiger partial charge on any atom is 0.161 e. The minimum Gasteiger partial charge on any atom is -0.493 e. The lowest BCUT2D eigenvalue weighted by Gasteiger charge is -2.28. The second-order valence-electron chi connectivity index (χ2n) is 4.86. The number of methoxy groups -OCH3 is 2. The average molecular weight is 253 g/mol. The molecule has 2 rings (SSSR count). The Morgan fingerprint density at radius 2 is 1.94 bits per heavy atom. The van der Waals surface area contributed by atoms with Gasteiger partial charge >= 0.3 is 0 Å². The molecule has 1 aromatic rings. The molecule has 4 heteroatoms. The first-order valence-electron chi connectivity index (χ1n) is 6.21. The highest BCUT2D eigenvalue weighted by Crippen LogP contribution is 2.39. The summed E-state index contributed by atoms with van der Waals surface area (Å²) in [5, 5.41) is 3.45. The molecule has 1 N–H and O–H groups in total. The summed E-state index contributed by atoms with van der Waals surface area (Å²) < 4.78 is 23.8. The fourth-order valence-electron chi connectivity index (χ4n) is 2.67. The SMILES string of the molecule is COc1cc(CF)c(C2(C)CCCN2)cc1OC. The Morgan fingerprint density at radius 3 is 2.44 bits per heavy atom. The second-order valence-corrected chi connectivity index (χ2v) is 4.86. The number of nitrogens with one attached hydrogen (secondary N) is 1. The van der Waals surface area contributed by atoms with Crippen LogP contribution in [0, 0.1) is 0 Å². The minimum absolute atomic E-state index is 0.166. The van der Waals surface area contributed by atoms with Gasteiger partial charge in [-0.3, -0.25) is 0 Å². The first-order valence-corrected chi connectivity index (χ1v) is 6.21. The van der Waals surface area contributed by atoms with Crippen molar-refractivity contribution in [3.05, 3.63) is 23.3 Å². The van der Waals surface area contributed by atoms with Crippen LogP contribution in [-0.2, 0) is 12.2 Å². The number of alkyl halides is 1. The maximum atomic E-state index is 13.2. The van der Waals surface area contributed by atoms with Gasteiger partial charge in [-0.2, -0.15) is 0 Å². The van der Waals surface area contributed by atoms with E-state index in [2.05, 4.69) is 12.2 Å². The first kappa shape index (κ1) is 13.1. The number of ether oxygens (including phenoxy) is 2. The van der Waals surface area contributed by atoms with Crippen LogP contribution in [0.3, 0.4) is 0 Å². The molecule has 0 bridgehead atoms. The summed E-state index contributed by atoms with van der Waals surface area (Å²) in [6.45, 7) is 2.59. The zero-order chi connectivity index (χ0) is 13.2. The summed E-state index contributed by atoms with van der Waals surface area (Å²) in [5.41, 5.74) is 1.48. The van der Waals surface area contributed by atoms with Crippen LogP contribution in [0.25, 0.3) is 0 Å². The highest BCUT2D eigenvalue weighted by atomic mass is 19.1. The largest absolute Gasteiger partial charge is 0.493 e. The van der Waals surface area contributed by atoms with Crippen LogP contribution in [0.15, 0.2) is 12.1 Å². The molecule has 1 unspecified atom stereocenters. The molecule has 18 heavy (non-hydrogen) atoms. The Balaban J connectivity index is 2.51. The Morgan fingerprint density at radius 1 is 1.28 bits per heavy atom. The van der Waals surface area contributed by atoms with Crippen LogP contribution in [-0.4, -0.2) is 20.8 Å². The van der Waals surface area contributed by atoms with E-state index in [1.807, 2.05) is 6.07 Å². The molecule has 100 valence electrons. The van der Waals surface area contributed by atoms with Crippen molar-refractivity contribution in [2.75, 3.05) is 20.8 Å². The van der Waals surface area contributed by atoms with Gasteiger partial charge < -0.3 is 14.8 Å². The van der Waals surface area contributed by atoms with Crippen molar-refractivity contribution >= 4 is 0 Å². The third kappa shape index (κ3) is 2.17. The molecule has 0 spiro atoms. The van der Waals surface area contributed by atoms with Crippen molar-refractivity contribution in [1.82, 2.24) is 5.32 Å². The zero-order valence-electron chi connectivity index (χ0n) is 11.2. The zero-order valence-corrected chi connectivity index (χ0v) is 11.2. The van der Waals surface area contributed by atoms with E-state index in [1.165, 1.54) is 0 Å². The molecule has 0 radical (unpaired) electrons. The normalized spacial score (nSPS) is 23.1. The molecule has 1 fully saturated rings. The summed E-state index contributed by atoms with van der Waals surface area (Å²) in [7, 11) is 3.16. The van der Waals surface area contributed by atoms with E-state index in [4.69, 9.17) is 9.47 Å². The molecular weight excluding hydrogens is 233 g/mol. The summed E-state index contributed by atoms with van der Waals surface area (Å²) >= 11 is 0. The number of benzene rings is 1. The fraction of sp³-hybridized carbons (Fsp3) is 0.571. The van der Waals surface area contributed by atoms with Gasteiger partial charge in [0.15, 0.2) is 11.5 Å². The standard InChI is InChI=1S/C14H20FNO2/c1-14(5-4-6-16-14)11-8-13(18-3)12(17-2)7-10(11)9-15/h7-8,16H,4-6,9H2,1-3H3. The predicted molar refractivity (Wildman–Crippen MR) is 68.9 cm³/mol. The van der Waals surface area contributed by atoms with Crippen LogP contribution in [0.5, 0.6) is 11.5 Å². The summed E-state index contributed by atoms with van der Waals surface area (Å²) in [4.78, 5) is 0. The molecular formula is C14H20FNO2. The van der Waals surface area contributed by atoms with Crippen molar-refractivity contribution in [2.45, 2.75) is 32.0 Å². The van der Waals surface area contributed by atoms with Crippen LogP contribution >= 0.6 is 0 Å². The molecule has 1 aliphatic rings. The molecule has 0 amide bonds. The lowest BCUT2D eigenvalue weighted by molar-refractivity contribution is 0.348.